The van der Waals surface area contributed by atoms with Crippen LogP contribution in [0.1, 0.15) is 26.1 Å². The Morgan fingerprint density at radius 1 is 1.52 bits per heavy atom. The Bertz CT molecular complexity index is 596. The van der Waals surface area contributed by atoms with Gasteiger partial charge in [-0.1, -0.05) is 6.92 Å². The van der Waals surface area contributed by atoms with E-state index in [1.54, 1.807) is 11.3 Å². The molecule has 0 spiro atoms. The molecule has 2 atom stereocenters. The smallest absolute Gasteiger partial charge is 0.138 e. The van der Waals surface area contributed by atoms with Gasteiger partial charge < -0.3 is 14.8 Å². The van der Waals surface area contributed by atoms with Crippen LogP contribution in [-0.2, 0) is 15.9 Å². The molecule has 6 heteroatoms. The van der Waals surface area contributed by atoms with Gasteiger partial charge in [0.15, 0.2) is 0 Å². The first-order valence-electron chi connectivity index (χ1n) is 7.46. The van der Waals surface area contributed by atoms with Gasteiger partial charge in [-0.3, -0.25) is 0 Å². The molecule has 21 heavy (non-hydrogen) atoms. The molecule has 0 amide bonds. The highest BCUT2D eigenvalue weighted by Gasteiger charge is 2.17. The fraction of sp³-hybridized carbons (Fsp3) is 0.600. The van der Waals surface area contributed by atoms with Gasteiger partial charge in [0.25, 0.3) is 0 Å². The summed E-state index contributed by atoms with van der Waals surface area (Å²) >= 11 is 1.65. The van der Waals surface area contributed by atoms with E-state index in [9.17, 15) is 0 Å². The molecular formula is C15H21N3O2S. The van der Waals surface area contributed by atoms with E-state index < -0.39 is 0 Å². The van der Waals surface area contributed by atoms with Crippen LogP contribution in [0.2, 0.25) is 0 Å². The minimum absolute atomic E-state index is 0.202. The second-order valence-electron chi connectivity index (χ2n) is 5.35. The van der Waals surface area contributed by atoms with Crippen molar-refractivity contribution in [1.29, 1.82) is 0 Å². The molecule has 0 bridgehead atoms. The number of aryl methyl sites for hydroxylation is 1. The van der Waals surface area contributed by atoms with Gasteiger partial charge in [-0.2, -0.15) is 0 Å². The minimum atomic E-state index is 0.202. The normalized spacial score (nSPS) is 20.0. The Labute approximate surface area is 128 Å². The molecule has 0 aliphatic carbocycles. The summed E-state index contributed by atoms with van der Waals surface area (Å²) in [7, 11) is 0. The average Bonchev–Trinajstić information content (AvgIpc) is 3.16. The first-order valence-corrected chi connectivity index (χ1v) is 8.34. The molecule has 1 saturated heterocycles. The van der Waals surface area contributed by atoms with Gasteiger partial charge in [-0.25, -0.2) is 9.97 Å². The molecule has 1 N–H and O–H groups in total. The number of anilines is 1. The Morgan fingerprint density at radius 2 is 2.43 bits per heavy atom. The fourth-order valence-corrected chi connectivity index (χ4v) is 3.15. The number of hydrogen-bond donors (Lipinski definition) is 1. The van der Waals surface area contributed by atoms with Crippen molar-refractivity contribution in [3.05, 3.63) is 17.3 Å². The van der Waals surface area contributed by atoms with E-state index in [0.717, 1.165) is 47.9 Å². The maximum absolute atomic E-state index is 5.86. The van der Waals surface area contributed by atoms with E-state index in [1.165, 1.54) is 0 Å². The number of aromatic nitrogens is 2. The molecule has 5 nitrogen and oxygen atoms in total. The van der Waals surface area contributed by atoms with Crippen molar-refractivity contribution in [1.82, 2.24) is 9.97 Å². The van der Waals surface area contributed by atoms with Crippen molar-refractivity contribution < 1.29 is 9.47 Å². The fourth-order valence-electron chi connectivity index (χ4n) is 2.37. The predicted octanol–water partition coefficient (Wildman–Crippen LogP) is 2.86. The molecule has 0 saturated carbocycles. The largest absolute Gasteiger partial charge is 0.379 e. The molecule has 3 heterocycles. The first kappa shape index (κ1) is 14.7. The summed E-state index contributed by atoms with van der Waals surface area (Å²) in [6, 6.07) is 2.27. The summed E-state index contributed by atoms with van der Waals surface area (Å²) in [6.07, 6.45) is 2.08. The van der Waals surface area contributed by atoms with Gasteiger partial charge in [0.05, 0.1) is 24.7 Å². The lowest BCUT2D eigenvalue weighted by molar-refractivity contribution is 0.0395. The predicted molar refractivity (Wildman–Crippen MR) is 85.1 cm³/mol. The second kappa shape index (κ2) is 6.68. The molecule has 2 aromatic heterocycles. The molecule has 3 rings (SSSR count). The van der Waals surface area contributed by atoms with Crippen LogP contribution in [0.15, 0.2) is 11.4 Å². The summed E-state index contributed by atoms with van der Waals surface area (Å²) in [5, 5.41) is 6.61. The van der Waals surface area contributed by atoms with Gasteiger partial charge >= 0.3 is 0 Å². The highest BCUT2D eigenvalue weighted by Crippen LogP contribution is 2.25. The van der Waals surface area contributed by atoms with Crippen molar-refractivity contribution in [2.24, 2.45) is 0 Å². The molecule has 1 fully saturated rings. The van der Waals surface area contributed by atoms with Gasteiger partial charge in [0.2, 0.25) is 0 Å². The Morgan fingerprint density at radius 3 is 3.19 bits per heavy atom. The summed E-state index contributed by atoms with van der Waals surface area (Å²) < 4.78 is 11.2. The van der Waals surface area contributed by atoms with Gasteiger partial charge in [0, 0.05) is 19.1 Å². The first-order chi connectivity index (χ1) is 10.3. The van der Waals surface area contributed by atoms with E-state index in [-0.39, 0.29) is 12.1 Å². The Balaban J connectivity index is 1.66. The van der Waals surface area contributed by atoms with Crippen molar-refractivity contribution in [3.63, 3.8) is 0 Å². The lowest BCUT2D eigenvalue weighted by Gasteiger charge is -2.18. The molecular weight excluding hydrogens is 286 g/mol. The van der Waals surface area contributed by atoms with Crippen molar-refractivity contribution in [2.75, 3.05) is 25.1 Å². The van der Waals surface area contributed by atoms with Crippen LogP contribution in [0.4, 0.5) is 5.82 Å². The van der Waals surface area contributed by atoms with E-state index in [2.05, 4.69) is 40.6 Å². The maximum Gasteiger partial charge on any atom is 0.138 e. The lowest BCUT2D eigenvalue weighted by Crippen LogP contribution is -2.26. The van der Waals surface area contributed by atoms with Crippen LogP contribution in [0.25, 0.3) is 10.2 Å². The van der Waals surface area contributed by atoms with Crippen LogP contribution in [-0.4, -0.2) is 41.9 Å². The van der Waals surface area contributed by atoms with Crippen molar-refractivity contribution in [3.8, 4) is 0 Å². The molecule has 0 radical (unpaired) electrons. The van der Waals surface area contributed by atoms with Gasteiger partial charge in [-0.15, -0.1) is 11.3 Å². The zero-order valence-electron chi connectivity index (χ0n) is 12.5. The summed E-state index contributed by atoms with van der Waals surface area (Å²) in [4.78, 5) is 10.2. The monoisotopic (exact) mass is 307 g/mol. The summed E-state index contributed by atoms with van der Waals surface area (Å²) in [5.74, 6) is 1.79. The number of nitrogens with zero attached hydrogens (tertiary/aromatic N) is 2. The number of thiophene rings is 1. The zero-order chi connectivity index (χ0) is 14.7. The number of fused-ring (bicyclic) bond motifs is 1. The van der Waals surface area contributed by atoms with Crippen molar-refractivity contribution >= 4 is 27.4 Å². The van der Waals surface area contributed by atoms with E-state index in [4.69, 9.17) is 9.47 Å². The number of nitrogens with one attached hydrogen (secondary N) is 1. The van der Waals surface area contributed by atoms with Crippen LogP contribution >= 0.6 is 11.3 Å². The third-order valence-corrected chi connectivity index (χ3v) is 4.35. The van der Waals surface area contributed by atoms with Gasteiger partial charge in [-0.05, 0) is 24.8 Å². The highest BCUT2D eigenvalue weighted by atomic mass is 32.1. The third-order valence-electron chi connectivity index (χ3n) is 3.54. The quantitative estimate of drug-likeness (QED) is 0.889. The third kappa shape index (κ3) is 3.51. The molecule has 0 aromatic carbocycles. The summed E-state index contributed by atoms with van der Waals surface area (Å²) in [6.45, 7) is 6.38. The van der Waals surface area contributed by atoms with Gasteiger partial charge in [0.1, 0.15) is 16.5 Å². The highest BCUT2D eigenvalue weighted by molar-refractivity contribution is 7.16. The van der Waals surface area contributed by atoms with Crippen molar-refractivity contribution in [2.45, 2.75) is 38.8 Å². The Kier molecular flexibility index (Phi) is 4.67. The number of rotatable bonds is 6. The molecule has 2 aromatic rings. The van der Waals surface area contributed by atoms with Crippen LogP contribution in [0.3, 0.4) is 0 Å². The number of hydrogen-bond acceptors (Lipinski definition) is 6. The van der Waals surface area contributed by atoms with Crippen LogP contribution in [0, 0.1) is 0 Å². The summed E-state index contributed by atoms with van der Waals surface area (Å²) in [5.41, 5.74) is 0. The van der Waals surface area contributed by atoms with Crippen LogP contribution < -0.4 is 5.32 Å². The van der Waals surface area contributed by atoms with E-state index in [1.807, 2.05) is 0 Å². The average molecular weight is 307 g/mol. The molecule has 1 aliphatic heterocycles. The van der Waals surface area contributed by atoms with E-state index >= 15 is 0 Å². The second-order valence-corrected chi connectivity index (χ2v) is 6.24. The Hall–Kier alpha value is -1.24. The number of ether oxygens (including phenoxy) is 2. The SMILES string of the molecule is CCc1nc(NC(C)COC2CCOC2)c2ccsc2n1. The lowest BCUT2D eigenvalue weighted by atomic mass is 10.3. The maximum atomic E-state index is 5.86. The van der Waals surface area contributed by atoms with E-state index in [0.29, 0.717) is 6.61 Å². The molecule has 2 unspecified atom stereocenters. The molecule has 1 aliphatic rings. The zero-order valence-corrected chi connectivity index (χ0v) is 13.3. The minimum Gasteiger partial charge on any atom is -0.379 e. The topological polar surface area (TPSA) is 56.3 Å². The molecule has 114 valence electrons. The standard InChI is InChI=1S/C15H21N3O2S/c1-3-13-17-14(12-5-7-21-15(12)18-13)16-10(2)8-20-11-4-6-19-9-11/h5,7,10-11H,3-4,6,8-9H2,1-2H3,(H,16,17,18). The van der Waals surface area contributed by atoms with Crippen LogP contribution in [0.5, 0.6) is 0 Å².